The highest BCUT2D eigenvalue weighted by molar-refractivity contribution is 5.22. The molecule has 1 N–H and O–H groups in total. The lowest BCUT2D eigenvalue weighted by Crippen LogP contribution is -2.48. The summed E-state index contributed by atoms with van der Waals surface area (Å²) >= 11 is 0. The van der Waals surface area contributed by atoms with Gasteiger partial charge >= 0.3 is 0 Å². The predicted molar refractivity (Wildman–Crippen MR) is 78.0 cm³/mol. The van der Waals surface area contributed by atoms with Crippen LogP contribution in [0.4, 0.5) is 8.78 Å². The average molecular weight is 295 g/mol. The molecule has 0 amide bonds. The van der Waals surface area contributed by atoms with Crippen molar-refractivity contribution < 1.29 is 13.5 Å². The predicted octanol–water partition coefficient (Wildman–Crippen LogP) is 3.96. The third-order valence-corrected chi connectivity index (χ3v) is 4.94. The normalized spacial score (nSPS) is 25.6. The minimum Gasteiger partial charge on any atom is -0.375 e. The van der Waals surface area contributed by atoms with Crippen molar-refractivity contribution in [2.24, 2.45) is 5.92 Å². The quantitative estimate of drug-likeness (QED) is 0.907. The first kappa shape index (κ1) is 14.9. The van der Waals surface area contributed by atoms with Gasteiger partial charge in [-0.1, -0.05) is 6.92 Å². The Bertz CT molecular complexity index is 481. The summed E-state index contributed by atoms with van der Waals surface area (Å²) < 4.78 is 33.0. The lowest BCUT2D eigenvalue weighted by atomic mass is 9.69. The van der Waals surface area contributed by atoms with Crippen molar-refractivity contribution in [3.63, 3.8) is 0 Å². The maximum atomic E-state index is 13.5. The minimum absolute atomic E-state index is 0.00146. The molecule has 1 heterocycles. The number of ether oxygens (including phenoxy) is 1. The molecule has 1 aromatic carbocycles. The van der Waals surface area contributed by atoms with E-state index in [1.54, 1.807) is 0 Å². The van der Waals surface area contributed by atoms with Crippen LogP contribution in [0.2, 0.25) is 0 Å². The second-order valence-electron chi connectivity index (χ2n) is 6.38. The van der Waals surface area contributed by atoms with E-state index in [1.807, 2.05) is 6.92 Å². The van der Waals surface area contributed by atoms with Crippen molar-refractivity contribution in [2.75, 3.05) is 13.2 Å². The molecule has 4 heteroatoms. The number of hydrogen-bond acceptors (Lipinski definition) is 2. The van der Waals surface area contributed by atoms with Crippen LogP contribution in [0, 0.1) is 17.6 Å². The van der Waals surface area contributed by atoms with Gasteiger partial charge in [-0.2, -0.15) is 0 Å². The molecule has 21 heavy (non-hydrogen) atoms. The summed E-state index contributed by atoms with van der Waals surface area (Å²) in [5.74, 6) is -0.628. The van der Waals surface area contributed by atoms with E-state index in [-0.39, 0.29) is 11.6 Å². The Hall–Kier alpha value is -1.00. The lowest BCUT2D eigenvalue weighted by molar-refractivity contribution is -0.147. The molecular formula is C17H23F2NO. The Morgan fingerprint density at radius 1 is 1.29 bits per heavy atom. The molecule has 3 rings (SSSR count). The average Bonchev–Trinajstić information content (AvgIpc) is 2.42. The van der Waals surface area contributed by atoms with Gasteiger partial charge in [-0.05, 0) is 62.3 Å². The fourth-order valence-corrected chi connectivity index (χ4v) is 3.80. The first-order valence-corrected chi connectivity index (χ1v) is 7.95. The van der Waals surface area contributed by atoms with Crippen molar-refractivity contribution in [1.29, 1.82) is 0 Å². The summed E-state index contributed by atoms with van der Waals surface area (Å²) in [5, 5.41) is 3.42. The van der Waals surface area contributed by atoms with Gasteiger partial charge in [0.15, 0.2) is 0 Å². The fourth-order valence-electron chi connectivity index (χ4n) is 3.80. The number of rotatable bonds is 4. The van der Waals surface area contributed by atoms with Gasteiger partial charge in [-0.25, -0.2) is 8.78 Å². The van der Waals surface area contributed by atoms with E-state index in [0.717, 1.165) is 50.5 Å². The zero-order valence-electron chi connectivity index (χ0n) is 12.5. The van der Waals surface area contributed by atoms with E-state index in [2.05, 4.69) is 5.32 Å². The van der Waals surface area contributed by atoms with Crippen LogP contribution >= 0.6 is 0 Å². The van der Waals surface area contributed by atoms with Gasteiger partial charge < -0.3 is 10.1 Å². The maximum Gasteiger partial charge on any atom is 0.126 e. The molecule has 2 aliphatic rings. The largest absolute Gasteiger partial charge is 0.375 e. The van der Waals surface area contributed by atoms with Crippen LogP contribution < -0.4 is 5.32 Å². The van der Waals surface area contributed by atoms with Gasteiger partial charge in [0, 0.05) is 18.7 Å². The highest BCUT2D eigenvalue weighted by Crippen LogP contribution is 2.47. The van der Waals surface area contributed by atoms with Gasteiger partial charge in [0.2, 0.25) is 0 Å². The first-order valence-electron chi connectivity index (χ1n) is 7.95. The van der Waals surface area contributed by atoms with Crippen molar-refractivity contribution >= 4 is 0 Å². The number of halogens is 2. The Balaban J connectivity index is 1.83. The molecule has 0 bridgehead atoms. The van der Waals surface area contributed by atoms with Gasteiger partial charge in [-0.15, -0.1) is 0 Å². The molecule has 1 aliphatic carbocycles. The molecule has 1 spiro atoms. The van der Waals surface area contributed by atoms with E-state index >= 15 is 0 Å². The molecule has 0 aromatic heterocycles. The summed E-state index contributed by atoms with van der Waals surface area (Å²) in [7, 11) is 0. The van der Waals surface area contributed by atoms with Crippen LogP contribution in [0.1, 0.15) is 50.6 Å². The van der Waals surface area contributed by atoms with Crippen molar-refractivity contribution in [2.45, 2.75) is 50.7 Å². The summed E-state index contributed by atoms with van der Waals surface area (Å²) in [6.07, 6.45) is 5.41. The molecule has 2 atom stereocenters. The number of nitrogens with one attached hydrogen (secondary N) is 1. The second-order valence-corrected chi connectivity index (χ2v) is 6.38. The third kappa shape index (κ3) is 3.11. The van der Waals surface area contributed by atoms with Gasteiger partial charge in [0.05, 0.1) is 5.60 Å². The fraction of sp³-hybridized carbons (Fsp3) is 0.647. The van der Waals surface area contributed by atoms with Gasteiger partial charge in [-0.3, -0.25) is 0 Å². The maximum absolute atomic E-state index is 13.5. The minimum atomic E-state index is -0.502. The smallest absolute Gasteiger partial charge is 0.126 e. The molecule has 2 fully saturated rings. The number of hydrogen-bond donors (Lipinski definition) is 1. The molecule has 1 saturated carbocycles. The van der Waals surface area contributed by atoms with Gasteiger partial charge in [0.1, 0.15) is 11.6 Å². The summed E-state index contributed by atoms with van der Waals surface area (Å²) in [6.45, 7) is 3.57. The molecule has 116 valence electrons. The topological polar surface area (TPSA) is 21.3 Å². The molecule has 1 saturated heterocycles. The molecule has 1 aliphatic heterocycles. The first-order chi connectivity index (χ1) is 10.1. The van der Waals surface area contributed by atoms with Crippen molar-refractivity contribution in [3.05, 3.63) is 35.4 Å². The zero-order valence-corrected chi connectivity index (χ0v) is 12.5. The Kier molecular flexibility index (Phi) is 4.27. The van der Waals surface area contributed by atoms with Crippen LogP contribution in [0.25, 0.3) is 0 Å². The lowest BCUT2D eigenvalue weighted by Gasteiger charge is -2.49. The van der Waals surface area contributed by atoms with Crippen molar-refractivity contribution in [3.8, 4) is 0 Å². The Morgan fingerprint density at radius 3 is 2.57 bits per heavy atom. The van der Waals surface area contributed by atoms with Crippen LogP contribution in [-0.4, -0.2) is 18.8 Å². The molecule has 1 aromatic rings. The van der Waals surface area contributed by atoms with E-state index in [9.17, 15) is 8.78 Å². The standard InChI is InChI=1S/C17H23F2NO/c1-2-20-16(13-8-14(18)10-15(19)9-13)12-4-7-21-17(11-12)5-3-6-17/h8-10,12,16,20H,2-7,11H2,1H3. The van der Waals surface area contributed by atoms with Crippen LogP contribution in [-0.2, 0) is 4.74 Å². The molecule has 2 nitrogen and oxygen atoms in total. The summed E-state index contributed by atoms with van der Waals surface area (Å²) in [5.41, 5.74) is 0.762. The molecule has 2 unspecified atom stereocenters. The van der Waals surface area contributed by atoms with E-state index in [0.29, 0.717) is 5.92 Å². The Labute approximate surface area is 124 Å². The van der Waals surface area contributed by atoms with E-state index in [4.69, 9.17) is 4.74 Å². The van der Waals surface area contributed by atoms with Gasteiger partial charge in [0.25, 0.3) is 0 Å². The molecular weight excluding hydrogens is 272 g/mol. The molecule has 0 radical (unpaired) electrons. The van der Waals surface area contributed by atoms with E-state index < -0.39 is 11.6 Å². The number of benzene rings is 1. The highest BCUT2D eigenvalue weighted by Gasteiger charge is 2.44. The van der Waals surface area contributed by atoms with Crippen LogP contribution in [0.5, 0.6) is 0 Å². The van der Waals surface area contributed by atoms with Crippen molar-refractivity contribution in [1.82, 2.24) is 5.32 Å². The van der Waals surface area contributed by atoms with Crippen LogP contribution in [0.15, 0.2) is 18.2 Å². The van der Waals surface area contributed by atoms with Crippen LogP contribution in [0.3, 0.4) is 0 Å². The van der Waals surface area contributed by atoms with E-state index in [1.165, 1.54) is 18.6 Å². The second kappa shape index (κ2) is 6.01. The third-order valence-electron chi connectivity index (χ3n) is 4.94. The Morgan fingerprint density at radius 2 is 2.00 bits per heavy atom. The monoisotopic (exact) mass is 295 g/mol. The highest BCUT2D eigenvalue weighted by atomic mass is 19.1. The summed E-state index contributed by atoms with van der Waals surface area (Å²) in [6, 6.07) is 3.85. The zero-order chi connectivity index (χ0) is 14.9. The summed E-state index contributed by atoms with van der Waals surface area (Å²) in [4.78, 5) is 0. The SMILES string of the molecule is CCNC(c1cc(F)cc(F)c1)C1CCOC2(CCC2)C1.